The van der Waals surface area contributed by atoms with Gasteiger partial charge >= 0.3 is 0 Å². The molecule has 0 nitrogen and oxygen atoms in total. The van der Waals surface area contributed by atoms with Gasteiger partial charge in [-0.05, 0) is 47.9 Å². The van der Waals surface area contributed by atoms with E-state index in [9.17, 15) is 0 Å². The van der Waals surface area contributed by atoms with Crippen LogP contribution in [0.1, 0.15) is 12.5 Å². The van der Waals surface area contributed by atoms with Crippen molar-refractivity contribution in [2.75, 3.05) is 0 Å². The van der Waals surface area contributed by atoms with Gasteiger partial charge in [0.05, 0.1) is 0 Å². The van der Waals surface area contributed by atoms with Crippen LogP contribution in [0.15, 0.2) is 53.2 Å². The SMILES string of the molecule is C=C(C)Cc1cc(-c2cccs2)sc1-c1cccs1. The van der Waals surface area contributed by atoms with Gasteiger partial charge in [0, 0.05) is 19.5 Å². The van der Waals surface area contributed by atoms with E-state index < -0.39 is 0 Å². The lowest BCUT2D eigenvalue weighted by Crippen LogP contribution is -1.84. The molecule has 3 heteroatoms. The van der Waals surface area contributed by atoms with Crippen LogP contribution in [0.2, 0.25) is 0 Å². The summed E-state index contributed by atoms with van der Waals surface area (Å²) in [5, 5.41) is 4.28. The van der Waals surface area contributed by atoms with Crippen LogP contribution in [-0.4, -0.2) is 0 Å². The molecule has 0 atom stereocenters. The van der Waals surface area contributed by atoms with Crippen LogP contribution >= 0.6 is 34.0 Å². The van der Waals surface area contributed by atoms with Gasteiger partial charge in [-0.15, -0.1) is 34.0 Å². The number of thiophene rings is 3. The van der Waals surface area contributed by atoms with Gasteiger partial charge in [0.1, 0.15) is 0 Å². The Balaban J connectivity index is 2.08. The number of hydrogen-bond acceptors (Lipinski definition) is 3. The first-order chi connectivity index (χ1) is 9.24. The van der Waals surface area contributed by atoms with Crippen molar-refractivity contribution in [1.29, 1.82) is 0 Å². The van der Waals surface area contributed by atoms with E-state index in [0.29, 0.717) is 0 Å². The fourth-order valence-corrected chi connectivity index (χ4v) is 4.94. The van der Waals surface area contributed by atoms with Gasteiger partial charge in [-0.1, -0.05) is 24.3 Å². The summed E-state index contributed by atoms with van der Waals surface area (Å²) in [6.45, 7) is 6.15. The molecule has 0 fully saturated rings. The summed E-state index contributed by atoms with van der Waals surface area (Å²) in [7, 11) is 0. The lowest BCUT2D eigenvalue weighted by molar-refractivity contribution is 1.17. The van der Waals surface area contributed by atoms with E-state index in [2.05, 4.69) is 54.6 Å². The van der Waals surface area contributed by atoms with Gasteiger partial charge in [-0.3, -0.25) is 0 Å². The Kier molecular flexibility index (Phi) is 3.69. The minimum absolute atomic E-state index is 0.967. The van der Waals surface area contributed by atoms with E-state index in [1.807, 2.05) is 22.7 Å². The van der Waals surface area contributed by atoms with Crippen molar-refractivity contribution in [3.8, 4) is 19.5 Å². The monoisotopic (exact) mass is 302 g/mol. The van der Waals surface area contributed by atoms with E-state index in [-0.39, 0.29) is 0 Å². The van der Waals surface area contributed by atoms with Crippen LogP contribution in [0.4, 0.5) is 0 Å². The molecule has 0 amide bonds. The molecule has 0 bridgehead atoms. The third-order valence-electron chi connectivity index (χ3n) is 2.81. The lowest BCUT2D eigenvalue weighted by atomic mass is 10.1. The average molecular weight is 302 g/mol. The molecule has 19 heavy (non-hydrogen) atoms. The van der Waals surface area contributed by atoms with Crippen LogP contribution in [0.5, 0.6) is 0 Å². The molecule has 3 aromatic heterocycles. The smallest absolute Gasteiger partial charge is 0.0484 e. The molecule has 0 saturated carbocycles. The molecule has 0 unspecified atom stereocenters. The van der Waals surface area contributed by atoms with E-state index in [1.165, 1.54) is 30.6 Å². The van der Waals surface area contributed by atoms with Crippen LogP contribution in [0.25, 0.3) is 19.5 Å². The summed E-state index contributed by atoms with van der Waals surface area (Å²) >= 11 is 5.51. The second-order valence-corrected chi connectivity index (χ2v) is 7.50. The third-order valence-corrected chi connectivity index (χ3v) is 6.10. The maximum atomic E-state index is 4.06. The minimum atomic E-state index is 0.967. The van der Waals surface area contributed by atoms with Crippen LogP contribution < -0.4 is 0 Å². The first kappa shape index (κ1) is 12.9. The average Bonchev–Trinajstić information content (AvgIpc) is 3.09. The van der Waals surface area contributed by atoms with Crippen molar-refractivity contribution in [2.24, 2.45) is 0 Å². The van der Waals surface area contributed by atoms with Crippen LogP contribution in [0, 0.1) is 0 Å². The van der Waals surface area contributed by atoms with Crippen LogP contribution in [-0.2, 0) is 6.42 Å². The highest BCUT2D eigenvalue weighted by Crippen LogP contribution is 2.42. The Hall–Kier alpha value is -1.16. The molecule has 0 saturated heterocycles. The maximum absolute atomic E-state index is 4.06. The van der Waals surface area contributed by atoms with Crippen molar-refractivity contribution < 1.29 is 0 Å². The molecule has 96 valence electrons. The highest BCUT2D eigenvalue weighted by molar-refractivity contribution is 7.26. The van der Waals surface area contributed by atoms with E-state index >= 15 is 0 Å². The molecule has 0 aliphatic heterocycles. The van der Waals surface area contributed by atoms with Gasteiger partial charge in [-0.25, -0.2) is 0 Å². The van der Waals surface area contributed by atoms with Gasteiger partial charge in [0.25, 0.3) is 0 Å². The predicted molar refractivity (Wildman–Crippen MR) is 89.5 cm³/mol. The zero-order valence-electron chi connectivity index (χ0n) is 10.7. The summed E-state index contributed by atoms with van der Waals surface area (Å²) in [6, 6.07) is 11.0. The van der Waals surface area contributed by atoms with Crippen molar-refractivity contribution in [2.45, 2.75) is 13.3 Å². The van der Waals surface area contributed by atoms with Crippen molar-refractivity contribution >= 4 is 34.0 Å². The number of rotatable bonds is 4. The Morgan fingerprint density at radius 1 is 1.05 bits per heavy atom. The lowest BCUT2D eigenvalue weighted by Gasteiger charge is -2.00. The number of hydrogen-bond donors (Lipinski definition) is 0. The Labute approximate surface area is 125 Å². The first-order valence-electron chi connectivity index (χ1n) is 6.09. The van der Waals surface area contributed by atoms with Gasteiger partial charge in [-0.2, -0.15) is 0 Å². The molecule has 0 N–H and O–H groups in total. The summed E-state index contributed by atoms with van der Waals surface area (Å²) < 4.78 is 0. The predicted octanol–water partition coefficient (Wildman–Crippen LogP) is 6.32. The van der Waals surface area contributed by atoms with E-state index in [0.717, 1.165) is 6.42 Å². The van der Waals surface area contributed by atoms with Crippen molar-refractivity contribution in [3.05, 3.63) is 58.8 Å². The molecule has 3 heterocycles. The first-order valence-corrected chi connectivity index (χ1v) is 8.66. The van der Waals surface area contributed by atoms with Gasteiger partial charge < -0.3 is 0 Å². The Morgan fingerprint density at radius 2 is 1.74 bits per heavy atom. The fraction of sp³-hybridized carbons (Fsp3) is 0.125. The van der Waals surface area contributed by atoms with Crippen molar-refractivity contribution in [3.63, 3.8) is 0 Å². The van der Waals surface area contributed by atoms with E-state index in [1.54, 1.807) is 11.3 Å². The quantitative estimate of drug-likeness (QED) is 0.494. The zero-order valence-corrected chi connectivity index (χ0v) is 13.1. The minimum Gasteiger partial charge on any atom is -0.143 e. The standard InChI is InChI=1S/C16H14S3/c1-11(2)9-12-10-15(13-5-3-7-17-13)19-16(12)14-6-4-8-18-14/h3-8,10H,1,9H2,2H3. The molecule has 0 aliphatic carbocycles. The summed E-state index contributed by atoms with van der Waals surface area (Å²) in [5.41, 5.74) is 2.62. The largest absolute Gasteiger partial charge is 0.143 e. The highest BCUT2D eigenvalue weighted by Gasteiger charge is 2.13. The van der Waals surface area contributed by atoms with Crippen LogP contribution in [0.3, 0.4) is 0 Å². The maximum Gasteiger partial charge on any atom is 0.0484 e. The van der Waals surface area contributed by atoms with Gasteiger partial charge in [0.2, 0.25) is 0 Å². The third kappa shape index (κ3) is 2.73. The second kappa shape index (κ2) is 5.45. The molecule has 0 spiro atoms. The molecule has 3 rings (SSSR count). The molecule has 0 aliphatic rings. The summed E-state index contributed by atoms with van der Waals surface area (Å²) in [4.78, 5) is 5.50. The molecule has 0 radical (unpaired) electrons. The van der Waals surface area contributed by atoms with Gasteiger partial charge in [0.15, 0.2) is 0 Å². The second-order valence-electron chi connectivity index (χ2n) is 4.55. The molecular weight excluding hydrogens is 288 g/mol. The Bertz CT molecular complexity index is 670. The fourth-order valence-electron chi connectivity index (χ4n) is 2.04. The molecular formula is C16H14S3. The number of allylic oxidation sites excluding steroid dienone is 1. The zero-order chi connectivity index (χ0) is 13.2. The highest BCUT2D eigenvalue weighted by atomic mass is 32.1. The summed E-state index contributed by atoms with van der Waals surface area (Å²) in [6.07, 6.45) is 0.967. The van der Waals surface area contributed by atoms with E-state index in [4.69, 9.17) is 0 Å². The summed E-state index contributed by atoms with van der Waals surface area (Å²) in [5.74, 6) is 0. The topological polar surface area (TPSA) is 0 Å². The van der Waals surface area contributed by atoms with Crippen molar-refractivity contribution in [1.82, 2.24) is 0 Å². The Morgan fingerprint density at radius 3 is 2.32 bits per heavy atom. The molecule has 3 aromatic rings. The molecule has 0 aromatic carbocycles. The normalized spacial score (nSPS) is 10.8.